The lowest BCUT2D eigenvalue weighted by atomic mass is 10.00. The molecule has 3 N–H and O–H groups in total. The summed E-state index contributed by atoms with van der Waals surface area (Å²) in [4.78, 5) is 27.2. The van der Waals surface area contributed by atoms with E-state index in [1.54, 1.807) is 10.9 Å². The number of nitrogens with zero attached hydrogens (tertiary/aromatic N) is 2. The molecule has 0 spiro atoms. The van der Waals surface area contributed by atoms with Crippen LogP contribution in [0.3, 0.4) is 0 Å². The fraction of sp³-hybridized carbons (Fsp3) is 0.414. The molecule has 214 valence electrons. The van der Waals surface area contributed by atoms with Gasteiger partial charge >= 0.3 is 5.97 Å². The van der Waals surface area contributed by atoms with Crippen molar-refractivity contribution in [3.63, 3.8) is 0 Å². The number of carbonyl (C=O) groups excluding carboxylic acids is 1. The number of rotatable bonds is 13. The minimum Gasteiger partial charge on any atom is -0.481 e. The first-order valence-electron chi connectivity index (χ1n) is 13.3. The SMILES string of the molecule is O=C(O)CCCCCCC(=O)Nc1cccc([C@H]2O[C@@H](Cn3cnc(Cl)c3Cl)C[C@@H](c3ccc(CO)cc3)O2)c1. The normalized spacial score (nSPS) is 18.9. The maximum atomic E-state index is 12.5. The molecular formula is C29H33Cl2N3O6. The topological polar surface area (TPSA) is 123 Å². The first-order valence-corrected chi connectivity index (χ1v) is 14.1. The number of carboxylic acids is 1. The average molecular weight is 591 g/mol. The second-order valence-corrected chi connectivity index (χ2v) is 10.5. The van der Waals surface area contributed by atoms with Crippen LogP contribution in [-0.4, -0.2) is 37.7 Å². The molecule has 9 nitrogen and oxygen atoms in total. The highest BCUT2D eigenvalue weighted by Crippen LogP contribution is 2.39. The fourth-order valence-electron chi connectivity index (χ4n) is 4.62. The Hall–Kier alpha value is -2.95. The summed E-state index contributed by atoms with van der Waals surface area (Å²) in [5, 5.41) is 21.6. The third kappa shape index (κ3) is 8.52. The summed E-state index contributed by atoms with van der Waals surface area (Å²) < 4.78 is 14.5. The number of ether oxygens (including phenoxy) is 2. The number of imidazole rings is 1. The maximum Gasteiger partial charge on any atom is 0.303 e. The molecule has 3 atom stereocenters. The number of hydrogen-bond acceptors (Lipinski definition) is 6. The molecule has 1 aromatic heterocycles. The molecule has 1 fully saturated rings. The highest BCUT2D eigenvalue weighted by atomic mass is 35.5. The van der Waals surface area contributed by atoms with Crippen LogP contribution >= 0.6 is 23.2 Å². The summed E-state index contributed by atoms with van der Waals surface area (Å²) in [6.45, 7) is 0.385. The van der Waals surface area contributed by atoms with Gasteiger partial charge in [-0.3, -0.25) is 9.59 Å². The lowest BCUT2D eigenvalue weighted by Crippen LogP contribution is -2.32. The number of aromatic nitrogens is 2. The lowest BCUT2D eigenvalue weighted by Gasteiger charge is -2.36. The summed E-state index contributed by atoms with van der Waals surface area (Å²) >= 11 is 12.3. The molecule has 40 heavy (non-hydrogen) atoms. The van der Waals surface area contributed by atoms with Gasteiger partial charge in [0.15, 0.2) is 11.4 Å². The molecule has 1 aliphatic rings. The van der Waals surface area contributed by atoms with E-state index in [4.69, 9.17) is 37.8 Å². The summed E-state index contributed by atoms with van der Waals surface area (Å²) in [6, 6.07) is 15.0. The smallest absolute Gasteiger partial charge is 0.303 e. The van der Waals surface area contributed by atoms with Crippen LogP contribution in [0.15, 0.2) is 54.9 Å². The number of nitrogens with one attached hydrogen (secondary N) is 1. The number of anilines is 1. The van der Waals surface area contributed by atoms with Crippen molar-refractivity contribution in [1.82, 2.24) is 9.55 Å². The van der Waals surface area contributed by atoms with Gasteiger partial charge in [-0.25, -0.2) is 4.98 Å². The molecule has 4 rings (SSSR count). The number of hydrogen-bond donors (Lipinski definition) is 3. The summed E-state index contributed by atoms with van der Waals surface area (Å²) in [5.41, 5.74) is 3.16. The third-order valence-corrected chi connectivity index (χ3v) is 7.50. The van der Waals surface area contributed by atoms with E-state index >= 15 is 0 Å². The molecule has 11 heteroatoms. The number of carboxylic acid groups (broad SMARTS) is 1. The van der Waals surface area contributed by atoms with Crippen LogP contribution in [-0.2, 0) is 32.2 Å². The summed E-state index contributed by atoms with van der Waals surface area (Å²) in [7, 11) is 0. The molecule has 2 heterocycles. The molecule has 0 radical (unpaired) electrons. The Bertz CT molecular complexity index is 1280. The Morgan fingerprint density at radius 3 is 2.42 bits per heavy atom. The van der Waals surface area contributed by atoms with Gasteiger partial charge in [0.1, 0.15) is 5.15 Å². The van der Waals surface area contributed by atoms with E-state index < -0.39 is 12.3 Å². The monoisotopic (exact) mass is 589 g/mol. The van der Waals surface area contributed by atoms with Crippen LogP contribution in [0.2, 0.25) is 10.3 Å². The van der Waals surface area contributed by atoms with E-state index in [-0.39, 0.29) is 36.3 Å². The molecule has 0 unspecified atom stereocenters. The van der Waals surface area contributed by atoms with Crippen LogP contribution in [0.1, 0.15) is 74.0 Å². The van der Waals surface area contributed by atoms with Gasteiger partial charge in [-0.2, -0.15) is 0 Å². The van der Waals surface area contributed by atoms with E-state index in [1.165, 1.54) is 0 Å². The van der Waals surface area contributed by atoms with E-state index in [0.29, 0.717) is 43.1 Å². The number of aliphatic carboxylic acids is 1. The summed E-state index contributed by atoms with van der Waals surface area (Å²) in [5.74, 6) is -0.900. The highest BCUT2D eigenvalue weighted by Gasteiger charge is 2.33. The zero-order valence-corrected chi connectivity index (χ0v) is 23.5. The summed E-state index contributed by atoms with van der Waals surface area (Å²) in [6.07, 6.45) is 4.29. The van der Waals surface area contributed by atoms with Crippen molar-refractivity contribution in [1.29, 1.82) is 0 Å². The van der Waals surface area contributed by atoms with Gasteiger partial charge < -0.3 is 29.6 Å². The number of aliphatic hydroxyl groups is 1. The van der Waals surface area contributed by atoms with Crippen molar-refractivity contribution >= 4 is 40.8 Å². The second kappa shape index (κ2) is 14.6. The van der Waals surface area contributed by atoms with Crippen LogP contribution in [0, 0.1) is 0 Å². The molecular weight excluding hydrogens is 557 g/mol. The molecule has 0 saturated carbocycles. The highest BCUT2D eigenvalue weighted by molar-refractivity contribution is 6.40. The molecule has 1 amide bonds. The van der Waals surface area contributed by atoms with Gasteiger partial charge in [-0.1, -0.05) is 72.4 Å². The largest absolute Gasteiger partial charge is 0.481 e. The van der Waals surface area contributed by atoms with Crippen molar-refractivity contribution in [2.24, 2.45) is 0 Å². The van der Waals surface area contributed by atoms with Gasteiger partial charge in [-0.15, -0.1) is 0 Å². The van der Waals surface area contributed by atoms with Crippen LogP contribution in [0.4, 0.5) is 5.69 Å². The molecule has 3 aromatic rings. The molecule has 0 aliphatic carbocycles. The van der Waals surface area contributed by atoms with Crippen LogP contribution in [0.25, 0.3) is 0 Å². The van der Waals surface area contributed by atoms with E-state index in [1.807, 2.05) is 48.5 Å². The molecule has 1 aliphatic heterocycles. The predicted molar refractivity (Wildman–Crippen MR) is 151 cm³/mol. The minimum absolute atomic E-state index is 0.0384. The maximum absolute atomic E-state index is 12.5. The van der Waals surface area contributed by atoms with Gasteiger partial charge in [-0.05, 0) is 36.1 Å². The van der Waals surface area contributed by atoms with Crippen molar-refractivity contribution in [2.45, 2.75) is 76.6 Å². The van der Waals surface area contributed by atoms with Crippen LogP contribution in [0.5, 0.6) is 0 Å². The van der Waals surface area contributed by atoms with Gasteiger partial charge in [0.25, 0.3) is 0 Å². The van der Waals surface area contributed by atoms with E-state index in [9.17, 15) is 14.7 Å². The van der Waals surface area contributed by atoms with Crippen molar-refractivity contribution in [3.05, 3.63) is 81.9 Å². The van der Waals surface area contributed by atoms with Gasteiger partial charge in [0.2, 0.25) is 5.91 Å². The standard InChI is InChI=1S/C29H33Cl2N3O6/c30-27-28(31)34(18-32-27)16-23-15-24(20-12-10-19(17-35)11-13-20)40-29(39-23)21-6-5-7-22(14-21)33-25(36)8-3-1-2-4-9-26(37)38/h5-7,10-14,18,23-24,29,35H,1-4,8-9,15-17H2,(H,33,36)(H,37,38)/t23-,24+,29+/m1/s1. The lowest BCUT2D eigenvalue weighted by molar-refractivity contribution is -0.252. The van der Waals surface area contributed by atoms with Crippen molar-refractivity contribution in [2.75, 3.05) is 5.32 Å². The predicted octanol–water partition coefficient (Wildman–Crippen LogP) is 6.29. The Morgan fingerprint density at radius 1 is 1.00 bits per heavy atom. The van der Waals surface area contributed by atoms with E-state index in [0.717, 1.165) is 29.5 Å². The number of unbranched alkanes of at least 4 members (excludes halogenated alkanes) is 3. The zero-order valence-electron chi connectivity index (χ0n) is 22.0. The number of benzene rings is 2. The third-order valence-electron chi connectivity index (χ3n) is 6.74. The van der Waals surface area contributed by atoms with Gasteiger partial charge in [0, 0.05) is 30.5 Å². The van der Waals surface area contributed by atoms with Crippen LogP contribution < -0.4 is 5.32 Å². The molecule has 2 aromatic carbocycles. The van der Waals surface area contributed by atoms with Crippen molar-refractivity contribution < 1.29 is 29.3 Å². The second-order valence-electron chi connectivity index (χ2n) is 9.81. The zero-order chi connectivity index (χ0) is 28.5. The number of aliphatic hydroxyl groups excluding tert-OH is 1. The number of carbonyl (C=O) groups is 2. The minimum atomic E-state index is -0.796. The first kappa shape index (κ1) is 30.0. The first-order chi connectivity index (χ1) is 19.3. The Kier molecular flexibility index (Phi) is 11.0. The quantitative estimate of drug-likeness (QED) is 0.200. The molecule has 1 saturated heterocycles. The Balaban J connectivity index is 1.43. The van der Waals surface area contributed by atoms with Crippen molar-refractivity contribution in [3.8, 4) is 0 Å². The van der Waals surface area contributed by atoms with E-state index in [2.05, 4.69) is 10.3 Å². The van der Waals surface area contributed by atoms with Gasteiger partial charge in [0.05, 0.1) is 31.7 Å². The Labute approximate surface area is 243 Å². The number of amides is 1. The average Bonchev–Trinajstić information content (AvgIpc) is 3.27. The molecule has 0 bridgehead atoms. The fourth-order valence-corrected chi connectivity index (χ4v) is 4.94. The number of halogens is 2. The Morgan fingerprint density at radius 2 is 1.75 bits per heavy atom.